The predicted molar refractivity (Wildman–Crippen MR) is 120 cm³/mol. The number of fused-ring (bicyclic) bond motifs is 2. The van der Waals surface area contributed by atoms with Crippen LogP contribution in [-0.4, -0.2) is 42.2 Å². The molecule has 6 rings (SSSR count). The van der Waals surface area contributed by atoms with Gasteiger partial charge in [0.05, 0.1) is 29.1 Å². The number of hydrogen-bond donors (Lipinski definition) is 2. The Bertz CT molecular complexity index is 1600. The molecule has 8 nitrogen and oxygen atoms in total. The van der Waals surface area contributed by atoms with Gasteiger partial charge in [-0.3, -0.25) is 15.1 Å². The lowest BCUT2D eigenvalue weighted by atomic mass is 10.1. The molecule has 156 valence electrons. The van der Waals surface area contributed by atoms with Crippen molar-refractivity contribution < 1.29 is 9.13 Å². The summed E-state index contributed by atoms with van der Waals surface area (Å²) in [5, 5.41) is 7.94. The normalized spacial score (nSPS) is 11.4. The van der Waals surface area contributed by atoms with Crippen molar-refractivity contribution in [2.24, 2.45) is 0 Å². The Morgan fingerprint density at radius 2 is 1.91 bits per heavy atom. The number of pyridine rings is 3. The van der Waals surface area contributed by atoms with Crippen molar-refractivity contribution in [1.29, 1.82) is 0 Å². The number of aromatic nitrogens is 7. The van der Waals surface area contributed by atoms with Crippen LogP contribution in [0.5, 0.6) is 5.75 Å². The van der Waals surface area contributed by atoms with Crippen molar-refractivity contribution in [3.8, 4) is 39.0 Å². The van der Waals surface area contributed by atoms with Crippen molar-refractivity contribution >= 4 is 33.4 Å². The Kier molecular flexibility index (Phi) is 4.18. The number of thiophene rings is 1. The van der Waals surface area contributed by atoms with Gasteiger partial charge in [0, 0.05) is 29.7 Å². The molecule has 2 N–H and O–H groups in total. The van der Waals surface area contributed by atoms with Gasteiger partial charge in [0.15, 0.2) is 16.6 Å². The average Bonchev–Trinajstić information content (AvgIpc) is 3.55. The lowest BCUT2D eigenvalue weighted by molar-refractivity contribution is 0.413. The summed E-state index contributed by atoms with van der Waals surface area (Å²) in [7, 11) is 1.60. The minimum atomic E-state index is -0.265. The number of nitrogens with zero attached hydrogens (tertiary/aromatic N) is 5. The summed E-state index contributed by atoms with van der Waals surface area (Å²) < 4.78 is 18.9. The standard InChI is InChI=1S/C22H14FN7OS/c1-31-13-6-11(8-24-10-13)12-7-14-18(29-30-21(14)26-9-12)22-27-15-4-5-25-20(19(15)28-22)16-2-3-17(23)32-16/h2-10H,1H3,(H,27,28)(H,26,29,30). The Balaban J connectivity index is 1.49. The van der Waals surface area contributed by atoms with Gasteiger partial charge >= 0.3 is 0 Å². The van der Waals surface area contributed by atoms with E-state index in [9.17, 15) is 4.39 Å². The van der Waals surface area contributed by atoms with Crippen LogP contribution in [0.4, 0.5) is 4.39 Å². The highest BCUT2D eigenvalue weighted by Crippen LogP contribution is 2.33. The number of rotatable bonds is 4. The van der Waals surface area contributed by atoms with Crippen molar-refractivity contribution in [2.75, 3.05) is 7.11 Å². The lowest BCUT2D eigenvalue weighted by Gasteiger charge is -2.04. The van der Waals surface area contributed by atoms with Crippen molar-refractivity contribution in [3.05, 3.63) is 60.3 Å². The number of hydrogen-bond acceptors (Lipinski definition) is 7. The summed E-state index contributed by atoms with van der Waals surface area (Å²) in [4.78, 5) is 21.9. The predicted octanol–water partition coefficient (Wildman–Crippen LogP) is 4.83. The smallest absolute Gasteiger partial charge is 0.177 e. The summed E-state index contributed by atoms with van der Waals surface area (Å²) >= 11 is 1.04. The van der Waals surface area contributed by atoms with Crippen LogP contribution in [0, 0.1) is 5.13 Å². The number of methoxy groups -OCH3 is 1. The quantitative estimate of drug-likeness (QED) is 0.404. The second kappa shape index (κ2) is 7.20. The summed E-state index contributed by atoms with van der Waals surface area (Å²) in [6.45, 7) is 0. The van der Waals surface area contributed by atoms with Gasteiger partial charge in [0.2, 0.25) is 0 Å². The van der Waals surface area contributed by atoms with Gasteiger partial charge in [-0.15, -0.1) is 11.3 Å². The Morgan fingerprint density at radius 1 is 1.00 bits per heavy atom. The zero-order valence-electron chi connectivity index (χ0n) is 16.6. The van der Waals surface area contributed by atoms with E-state index in [1.54, 1.807) is 38.0 Å². The highest BCUT2D eigenvalue weighted by molar-refractivity contribution is 7.13. The number of nitrogens with one attached hydrogen (secondary N) is 2. The van der Waals surface area contributed by atoms with Crippen LogP contribution in [0.25, 0.3) is 55.3 Å². The van der Waals surface area contributed by atoms with Crippen LogP contribution in [0.15, 0.2) is 55.1 Å². The van der Waals surface area contributed by atoms with Crippen LogP contribution >= 0.6 is 11.3 Å². The molecule has 0 amide bonds. The first-order valence-corrected chi connectivity index (χ1v) is 10.5. The molecule has 0 aliphatic heterocycles. The van der Waals surface area contributed by atoms with Gasteiger partial charge in [0.25, 0.3) is 0 Å². The zero-order valence-corrected chi connectivity index (χ0v) is 17.4. The Labute approximate surface area is 184 Å². The fourth-order valence-electron chi connectivity index (χ4n) is 3.60. The Hall–Kier alpha value is -4.18. The summed E-state index contributed by atoms with van der Waals surface area (Å²) in [5.41, 5.74) is 5.09. The van der Waals surface area contributed by atoms with E-state index in [-0.39, 0.29) is 5.13 Å². The van der Waals surface area contributed by atoms with E-state index in [4.69, 9.17) is 9.72 Å². The summed E-state index contributed by atoms with van der Waals surface area (Å²) in [5.74, 6) is 1.23. The molecule has 0 atom stereocenters. The maximum absolute atomic E-state index is 13.6. The molecule has 0 spiro atoms. The molecule has 0 fully saturated rings. The molecule has 0 unspecified atom stereocenters. The topological polar surface area (TPSA) is 105 Å². The van der Waals surface area contributed by atoms with Gasteiger partial charge in [-0.25, -0.2) is 9.97 Å². The Morgan fingerprint density at radius 3 is 2.75 bits per heavy atom. The van der Waals surface area contributed by atoms with Gasteiger partial charge in [-0.2, -0.15) is 9.49 Å². The van der Waals surface area contributed by atoms with Gasteiger partial charge in [-0.1, -0.05) is 0 Å². The van der Waals surface area contributed by atoms with Crippen LogP contribution in [-0.2, 0) is 0 Å². The minimum absolute atomic E-state index is 0.265. The van der Waals surface area contributed by atoms with E-state index in [1.165, 1.54) is 6.07 Å². The van der Waals surface area contributed by atoms with Crippen LogP contribution in [0.3, 0.4) is 0 Å². The number of ether oxygens (including phenoxy) is 1. The summed E-state index contributed by atoms with van der Waals surface area (Å²) in [6.07, 6.45) is 6.84. The third-order valence-electron chi connectivity index (χ3n) is 5.13. The molecule has 0 bridgehead atoms. The molecule has 0 aliphatic rings. The fraction of sp³-hybridized carbons (Fsp3) is 0.0455. The number of aromatic amines is 2. The van der Waals surface area contributed by atoms with Gasteiger partial charge in [-0.05, 0) is 30.3 Å². The average molecular weight is 443 g/mol. The molecule has 6 heterocycles. The second-order valence-corrected chi connectivity index (χ2v) is 8.08. The van der Waals surface area contributed by atoms with Gasteiger partial charge in [0.1, 0.15) is 22.7 Å². The first kappa shape index (κ1) is 18.6. The largest absolute Gasteiger partial charge is 0.495 e. The molecule has 6 aromatic heterocycles. The minimum Gasteiger partial charge on any atom is -0.495 e. The third-order valence-corrected chi connectivity index (χ3v) is 6.01. The van der Waals surface area contributed by atoms with Gasteiger partial charge < -0.3 is 9.72 Å². The van der Waals surface area contributed by atoms with Crippen LogP contribution in [0.1, 0.15) is 0 Å². The maximum atomic E-state index is 13.6. The zero-order chi connectivity index (χ0) is 21.7. The summed E-state index contributed by atoms with van der Waals surface area (Å²) in [6, 6.07) is 8.85. The van der Waals surface area contributed by atoms with E-state index >= 15 is 0 Å². The molecule has 6 aromatic rings. The SMILES string of the molecule is COc1cncc(-c2cnc3[nH]nc(-c4nc5c(-c6ccc(F)s6)nccc5[nH]4)c3c2)c1. The molecule has 0 aliphatic carbocycles. The molecule has 0 aromatic carbocycles. The number of H-pyrrole nitrogens is 2. The van der Waals surface area contributed by atoms with Crippen molar-refractivity contribution in [3.63, 3.8) is 0 Å². The van der Waals surface area contributed by atoms with E-state index in [0.29, 0.717) is 39.0 Å². The third kappa shape index (κ3) is 3.00. The molecular formula is C22H14FN7OS. The van der Waals surface area contributed by atoms with Crippen LogP contribution in [0.2, 0.25) is 0 Å². The van der Waals surface area contributed by atoms with E-state index < -0.39 is 0 Å². The first-order chi connectivity index (χ1) is 15.7. The molecule has 10 heteroatoms. The van der Waals surface area contributed by atoms with Crippen LogP contribution < -0.4 is 4.74 Å². The number of halogens is 1. The van der Waals surface area contributed by atoms with Crippen molar-refractivity contribution in [1.82, 2.24) is 35.1 Å². The second-order valence-electron chi connectivity index (χ2n) is 7.05. The number of imidazole rings is 1. The highest BCUT2D eigenvalue weighted by Gasteiger charge is 2.18. The first-order valence-electron chi connectivity index (χ1n) is 9.64. The molecule has 0 saturated heterocycles. The fourth-order valence-corrected chi connectivity index (χ4v) is 4.33. The van der Waals surface area contributed by atoms with E-state index in [1.807, 2.05) is 18.2 Å². The highest BCUT2D eigenvalue weighted by atomic mass is 32.1. The monoisotopic (exact) mass is 443 g/mol. The molecule has 0 radical (unpaired) electrons. The van der Waals surface area contributed by atoms with E-state index in [0.717, 1.165) is 33.4 Å². The maximum Gasteiger partial charge on any atom is 0.177 e. The molecule has 0 saturated carbocycles. The van der Waals surface area contributed by atoms with Crippen molar-refractivity contribution in [2.45, 2.75) is 0 Å². The molecular weight excluding hydrogens is 429 g/mol. The lowest BCUT2D eigenvalue weighted by Crippen LogP contribution is -1.88. The van der Waals surface area contributed by atoms with E-state index in [2.05, 4.69) is 30.1 Å². The molecule has 32 heavy (non-hydrogen) atoms.